The van der Waals surface area contributed by atoms with E-state index in [9.17, 15) is 13.2 Å². The van der Waals surface area contributed by atoms with Crippen LogP contribution in [0.2, 0.25) is 0 Å². The van der Waals surface area contributed by atoms with Gasteiger partial charge in [0, 0.05) is 25.2 Å². The second-order valence-corrected chi connectivity index (χ2v) is 10.7. The Kier molecular flexibility index (Phi) is 5.08. The Balaban J connectivity index is 1.46. The first kappa shape index (κ1) is 19.7. The van der Waals surface area contributed by atoms with Crippen LogP contribution >= 0.6 is 11.3 Å². The summed E-state index contributed by atoms with van der Waals surface area (Å²) in [6, 6.07) is 14.4. The molecule has 0 spiro atoms. The van der Waals surface area contributed by atoms with Crippen molar-refractivity contribution in [1.82, 2.24) is 9.29 Å². The van der Waals surface area contributed by atoms with Crippen LogP contribution in [0.3, 0.4) is 0 Å². The van der Waals surface area contributed by atoms with Crippen LogP contribution in [0.4, 0.5) is 5.69 Å². The highest BCUT2D eigenvalue weighted by atomic mass is 32.2. The van der Waals surface area contributed by atoms with Crippen LogP contribution in [0.1, 0.15) is 43.2 Å². The number of rotatable bonds is 4. The third kappa shape index (κ3) is 3.42. The van der Waals surface area contributed by atoms with Crippen molar-refractivity contribution >= 4 is 43.2 Å². The third-order valence-corrected chi connectivity index (χ3v) is 8.94. The van der Waals surface area contributed by atoms with Gasteiger partial charge >= 0.3 is 0 Å². The topological polar surface area (TPSA) is 70.6 Å². The van der Waals surface area contributed by atoms with Crippen molar-refractivity contribution in [3.05, 3.63) is 53.5 Å². The van der Waals surface area contributed by atoms with Gasteiger partial charge < -0.3 is 4.90 Å². The van der Waals surface area contributed by atoms with Gasteiger partial charge in [-0.1, -0.05) is 18.6 Å². The van der Waals surface area contributed by atoms with Crippen LogP contribution in [0.15, 0.2) is 53.4 Å². The maximum atomic E-state index is 13.5. The van der Waals surface area contributed by atoms with Crippen LogP contribution < -0.4 is 4.90 Å². The van der Waals surface area contributed by atoms with E-state index in [4.69, 9.17) is 4.98 Å². The minimum absolute atomic E-state index is 0.0949. The number of amides is 1. The molecule has 1 amide bonds. The zero-order valence-corrected chi connectivity index (χ0v) is 18.2. The summed E-state index contributed by atoms with van der Waals surface area (Å²) in [6.07, 6.45) is 4.01. The van der Waals surface area contributed by atoms with Gasteiger partial charge in [-0.2, -0.15) is 4.31 Å². The Morgan fingerprint density at radius 3 is 2.50 bits per heavy atom. The van der Waals surface area contributed by atoms with Crippen LogP contribution in [0.5, 0.6) is 0 Å². The summed E-state index contributed by atoms with van der Waals surface area (Å²) in [6.45, 7) is 1.19. The normalized spacial score (nSPS) is 20.9. The number of hydrogen-bond donors (Lipinski definition) is 0. The van der Waals surface area contributed by atoms with Crippen LogP contribution in [0.25, 0.3) is 10.2 Å². The maximum absolute atomic E-state index is 13.5. The number of aromatic nitrogens is 1. The van der Waals surface area contributed by atoms with Crippen molar-refractivity contribution in [3.63, 3.8) is 0 Å². The van der Waals surface area contributed by atoms with Crippen molar-refractivity contribution in [1.29, 1.82) is 0 Å². The summed E-state index contributed by atoms with van der Waals surface area (Å²) in [5.74, 6) is 0.0949. The molecule has 2 aliphatic heterocycles. The summed E-state index contributed by atoms with van der Waals surface area (Å²) in [7, 11) is -3.65. The third-order valence-electron chi connectivity index (χ3n) is 5.88. The van der Waals surface area contributed by atoms with Crippen molar-refractivity contribution in [2.45, 2.75) is 43.0 Å². The SMILES string of the molecule is O=C1CCCN1c1ccc(S(=O)(=O)N2CCCCC2c2nc3ccccc3s2)cc1. The number of thiazole rings is 1. The lowest BCUT2D eigenvalue weighted by Gasteiger charge is -2.33. The smallest absolute Gasteiger partial charge is 0.243 e. The van der Waals surface area contributed by atoms with E-state index in [0.29, 0.717) is 19.5 Å². The Labute approximate surface area is 180 Å². The fourth-order valence-corrected chi connectivity index (χ4v) is 7.17. The first-order chi connectivity index (χ1) is 14.5. The molecule has 3 aromatic rings. The van der Waals surface area contributed by atoms with Gasteiger partial charge in [0.05, 0.1) is 21.2 Å². The fraction of sp³-hybridized carbons (Fsp3) is 0.364. The first-order valence-corrected chi connectivity index (χ1v) is 12.6. The van der Waals surface area contributed by atoms with Gasteiger partial charge in [-0.05, 0) is 55.7 Å². The van der Waals surface area contributed by atoms with Gasteiger partial charge in [0.25, 0.3) is 0 Å². The number of carbonyl (C=O) groups excluding carboxylic acids is 1. The number of anilines is 1. The van der Waals surface area contributed by atoms with Gasteiger partial charge in [-0.25, -0.2) is 13.4 Å². The minimum atomic E-state index is -3.65. The highest BCUT2D eigenvalue weighted by Gasteiger charge is 2.36. The first-order valence-electron chi connectivity index (χ1n) is 10.3. The maximum Gasteiger partial charge on any atom is 0.243 e. The minimum Gasteiger partial charge on any atom is -0.312 e. The van der Waals surface area contributed by atoms with Gasteiger partial charge in [0.2, 0.25) is 15.9 Å². The van der Waals surface area contributed by atoms with Crippen LogP contribution in [0, 0.1) is 0 Å². The fourth-order valence-electron chi connectivity index (χ4n) is 4.33. The molecule has 2 aliphatic rings. The largest absolute Gasteiger partial charge is 0.312 e. The van der Waals surface area contributed by atoms with Gasteiger partial charge in [-0.3, -0.25) is 4.79 Å². The summed E-state index contributed by atoms with van der Waals surface area (Å²) in [5, 5.41) is 0.860. The predicted octanol–water partition coefficient (Wildman–Crippen LogP) is 4.34. The van der Waals surface area contributed by atoms with Crippen molar-refractivity contribution in [2.75, 3.05) is 18.0 Å². The molecule has 1 aromatic heterocycles. The average Bonchev–Trinajstić information content (AvgIpc) is 3.40. The number of para-hydroxylation sites is 1. The van der Waals surface area contributed by atoms with Crippen LogP contribution in [-0.2, 0) is 14.8 Å². The lowest BCUT2D eigenvalue weighted by molar-refractivity contribution is -0.117. The van der Waals surface area contributed by atoms with Crippen molar-refractivity contribution < 1.29 is 13.2 Å². The number of benzene rings is 2. The van der Waals surface area contributed by atoms with E-state index in [1.54, 1.807) is 44.8 Å². The number of fused-ring (bicyclic) bond motifs is 1. The van der Waals surface area contributed by atoms with E-state index in [1.165, 1.54) is 0 Å². The molecule has 156 valence electrons. The summed E-state index contributed by atoms with van der Waals surface area (Å²) < 4.78 is 29.7. The molecular weight excluding hydrogens is 418 g/mol. The molecule has 3 heterocycles. The molecule has 1 atom stereocenters. The Hall–Kier alpha value is -2.29. The molecule has 2 saturated heterocycles. The quantitative estimate of drug-likeness (QED) is 0.604. The molecule has 6 nitrogen and oxygen atoms in total. The molecule has 5 rings (SSSR count). The molecule has 0 radical (unpaired) electrons. The molecule has 0 saturated carbocycles. The van der Waals surface area contributed by atoms with E-state index in [1.807, 2.05) is 24.3 Å². The molecule has 2 aromatic carbocycles. The molecule has 1 unspecified atom stereocenters. The second kappa shape index (κ2) is 7.76. The van der Waals surface area contributed by atoms with E-state index in [0.717, 1.165) is 46.6 Å². The molecule has 30 heavy (non-hydrogen) atoms. The summed E-state index contributed by atoms with van der Waals surface area (Å²) >= 11 is 1.58. The van der Waals surface area contributed by atoms with Gasteiger partial charge in [0.1, 0.15) is 5.01 Å². The van der Waals surface area contributed by atoms with E-state index in [2.05, 4.69) is 0 Å². The highest BCUT2D eigenvalue weighted by Crippen LogP contribution is 2.39. The standard InChI is InChI=1S/C22H23N3O3S2/c26-21-9-5-14-24(21)16-10-12-17(13-11-16)30(27,28)25-15-4-3-7-19(25)22-23-18-6-1-2-8-20(18)29-22/h1-2,6,8,10-13,19H,3-5,7,9,14-15H2. The van der Waals surface area contributed by atoms with Crippen LogP contribution in [-0.4, -0.2) is 36.7 Å². The van der Waals surface area contributed by atoms with Crippen molar-refractivity contribution in [2.24, 2.45) is 0 Å². The Morgan fingerprint density at radius 1 is 0.967 bits per heavy atom. The van der Waals surface area contributed by atoms with E-state index in [-0.39, 0.29) is 16.8 Å². The van der Waals surface area contributed by atoms with Gasteiger partial charge in [-0.15, -0.1) is 11.3 Å². The molecule has 2 fully saturated rings. The molecule has 0 bridgehead atoms. The van der Waals surface area contributed by atoms with E-state index >= 15 is 0 Å². The second-order valence-electron chi connectivity index (χ2n) is 7.79. The highest BCUT2D eigenvalue weighted by molar-refractivity contribution is 7.89. The van der Waals surface area contributed by atoms with Crippen molar-refractivity contribution in [3.8, 4) is 0 Å². The number of nitrogens with zero attached hydrogens (tertiary/aromatic N) is 3. The number of hydrogen-bond acceptors (Lipinski definition) is 5. The Bertz CT molecular complexity index is 1150. The average molecular weight is 442 g/mol. The summed E-state index contributed by atoms with van der Waals surface area (Å²) in [5.41, 5.74) is 1.68. The monoisotopic (exact) mass is 441 g/mol. The predicted molar refractivity (Wildman–Crippen MR) is 118 cm³/mol. The lowest BCUT2D eigenvalue weighted by Crippen LogP contribution is -2.38. The zero-order chi connectivity index (χ0) is 20.7. The van der Waals surface area contributed by atoms with E-state index < -0.39 is 10.0 Å². The molecule has 8 heteroatoms. The Morgan fingerprint density at radius 2 is 1.77 bits per heavy atom. The summed E-state index contributed by atoms with van der Waals surface area (Å²) in [4.78, 5) is 18.7. The lowest BCUT2D eigenvalue weighted by atomic mass is 10.1. The number of carbonyl (C=O) groups is 1. The molecular formula is C22H23N3O3S2. The number of piperidine rings is 1. The molecule has 0 aliphatic carbocycles. The van der Waals surface area contributed by atoms with Gasteiger partial charge in [0.15, 0.2) is 0 Å². The number of sulfonamides is 1. The zero-order valence-electron chi connectivity index (χ0n) is 16.5. The molecule has 0 N–H and O–H groups in total.